The zero-order valence-corrected chi connectivity index (χ0v) is 11.2. The first kappa shape index (κ1) is 11.8. The summed E-state index contributed by atoms with van der Waals surface area (Å²) in [5.74, 6) is 1.10. The summed E-state index contributed by atoms with van der Waals surface area (Å²) in [5.41, 5.74) is 4.47. The minimum Gasteiger partial charge on any atom is -0.368 e. The van der Waals surface area contributed by atoms with E-state index in [0.29, 0.717) is 0 Å². The minimum atomic E-state index is 1.02. The van der Waals surface area contributed by atoms with Crippen molar-refractivity contribution in [1.82, 2.24) is 10.2 Å². The van der Waals surface area contributed by atoms with Crippen LogP contribution < -0.4 is 5.32 Å². The number of nitrogens with zero attached hydrogens (tertiary/aromatic N) is 1. The number of thioether (sulfide) groups is 1. The van der Waals surface area contributed by atoms with Crippen molar-refractivity contribution < 1.29 is 0 Å². The zero-order valence-electron chi connectivity index (χ0n) is 10.3. The normalized spacial score (nSPS) is 21.3. The van der Waals surface area contributed by atoms with Gasteiger partial charge in [0.15, 0.2) is 0 Å². The van der Waals surface area contributed by atoms with E-state index in [1.807, 2.05) is 18.8 Å². The van der Waals surface area contributed by atoms with Gasteiger partial charge in [0.05, 0.1) is 5.88 Å². The van der Waals surface area contributed by atoms with E-state index in [2.05, 4.69) is 36.3 Å². The van der Waals surface area contributed by atoms with E-state index >= 15 is 0 Å². The van der Waals surface area contributed by atoms with Crippen molar-refractivity contribution in [1.29, 1.82) is 0 Å². The van der Waals surface area contributed by atoms with Gasteiger partial charge >= 0.3 is 0 Å². The Morgan fingerprint density at radius 1 is 1.38 bits per heavy atom. The molecule has 0 radical (unpaired) electrons. The first-order chi connectivity index (χ1) is 7.72. The monoisotopic (exact) mass is 236 g/mol. The Balaban J connectivity index is 2.13. The zero-order chi connectivity index (χ0) is 11.5. The summed E-state index contributed by atoms with van der Waals surface area (Å²) >= 11 is 1.97. The lowest BCUT2D eigenvalue weighted by Crippen LogP contribution is -2.12. The van der Waals surface area contributed by atoms with Gasteiger partial charge in [0.1, 0.15) is 0 Å². The van der Waals surface area contributed by atoms with Gasteiger partial charge in [-0.2, -0.15) is 0 Å². The van der Waals surface area contributed by atoms with Crippen LogP contribution in [0.15, 0.2) is 33.9 Å². The largest absolute Gasteiger partial charge is 0.368 e. The molecular weight excluding hydrogens is 216 g/mol. The van der Waals surface area contributed by atoms with Gasteiger partial charge < -0.3 is 10.2 Å². The minimum absolute atomic E-state index is 1.02. The quantitative estimate of drug-likeness (QED) is 0.811. The highest BCUT2D eigenvalue weighted by Gasteiger charge is 2.20. The Kier molecular flexibility index (Phi) is 3.77. The van der Waals surface area contributed by atoms with Crippen LogP contribution in [-0.4, -0.2) is 31.4 Å². The Bertz CT molecular complexity index is 366. The van der Waals surface area contributed by atoms with Crippen molar-refractivity contribution in [3.63, 3.8) is 0 Å². The third-order valence-corrected chi connectivity index (χ3v) is 4.60. The molecule has 2 nitrogen and oxygen atoms in total. The molecule has 2 rings (SSSR count). The highest BCUT2D eigenvalue weighted by Crippen LogP contribution is 2.39. The van der Waals surface area contributed by atoms with Gasteiger partial charge in [0.25, 0.3) is 0 Å². The van der Waals surface area contributed by atoms with Crippen molar-refractivity contribution >= 4 is 11.8 Å². The number of nitrogens with one attached hydrogen (secondary N) is 1. The highest BCUT2D eigenvalue weighted by molar-refractivity contribution is 8.03. The fraction of sp³-hybridized carbons (Fsp3) is 0.538. The predicted molar refractivity (Wildman–Crippen MR) is 72.2 cm³/mol. The van der Waals surface area contributed by atoms with E-state index in [-0.39, 0.29) is 0 Å². The van der Waals surface area contributed by atoms with Crippen LogP contribution >= 0.6 is 11.8 Å². The van der Waals surface area contributed by atoms with Gasteiger partial charge in [-0.3, -0.25) is 0 Å². The molecule has 0 atom stereocenters. The van der Waals surface area contributed by atoms with Crippen LogP contribution in [0.25, 0.3) is 0 Å². The van der Waals surface area contributed by atoms with E-state index in [1.165, 1.54) is 34.6 Å². The van der Waals surface area contributed by atoms with Crippen LogP contribution in [-0.2, 0) is 0 Å². The molecule has 0 aromatic rings. The summed E-state index contributed by atoms with van der Waals surface area (Å²) in [5, 5.41) is 3.21. The van der Waals surface area contributed by atoms with E-state index < -0.39 is 0 Å². The van der Waals surface area contributed by atoms with Gasteiger partial charge in [0.2, 0.25) is 0 Å². The Hall–Kier alpha value is -0.670. The summed E-state index contributed by atoms with van der Waals surface area (Å²) < 4.78 is 0. The summed E-state index contributed by atoms with van der Waals surface area (Å²) in [7, 11) is 4.18. The average molecular weight is 236 g/mol. The van der Waals surface area contributed by atoms with Crippen LogP contribution in [0.4, 0.5) is 0 Å². The molecule has 16 heavy (non-hydrogen) atoms. The number of hydrogen-bond acceptors (Lipinski definition) is 3. The van der Waals surface area contributed by atoms with Gasteiger partial charge in [-0.25, -0.2) is 0 Å². The van der Waals surface area contributed by atoms with Crippen LogP contribution in [0, 0.1) is 0 Å². The fourth-order valence-corrected chi connectivity index (χ4v) is 3.34. The maximum absolute atomic E-state index is 3.21. The van der Waals surface area contributed by atoms with Crippen LogP contribution in [0.2, 0.25) is 0 Å². The van der Waals surface area contributed by atoms with Gasteiger partial charge in [-0.05, 0) is 32.4 Å². The van der Waals surface area contributed by atoms with E-state index in [4.69, 9.17) is 0 Å². The van der Waals surface area contributed by atoms with Crippen LogP contribution in [0.1, 0.15) is 19.8 Å². The first-order valence-corrected chi connectivity index (χ1v) is 6.79. The van der Waals surface area contributed by atoms with Crippen molar-refractivity contribution in [2.75, 3.05) is 26.5 Å². The molecule has 0 aromatic heterocycles. The van der Waals surface area contributed by atoms with Gasteiger partial charge in [0, 0.05) is 24.2 Å². The summed E-state index contributed by atoms with van der Waals surface area (Å²) in [4.78, 5) is 3.83. The molecule has 88 valence electrons. The maximum Gasteiger partial charge on any atom is 0.0680 e. The lowest BCUT2D eigenvalue weighted by atomic mass is 9.97. The van der Waals surface area contributed by atoms with Gasteiger partial charge in [-0.15, -0.1) is 11.8 Å². The second-order valence-corrected chi connectivity index (χ2v) is 5.39. The molecule has 0 bridgehead atoms. The molecule has 0 unspecified atom stereocenters. The molecule has 0 spiro atoms. The van der Waals surface area contributed by atoms with E-state index in [0.717, 1.165) is 12.4 Å². The van der Waals surface area contributed by atoms with Crippen molar-refractivity contribution in [3.8, 4) is 0 Å². The Morgan fingerprint density at radius 3 is 2.69 bits per heavy atom. The molecule has 1 aliphatic carbocycles. The van der Waals surface area contributed by atoms with Crippen molar-refractivity contribution in [2.45, 2.75) is 19.8 Å². The lowest BCUT2D eigenvalue weighted by molar-refractivity contribution is 0.502. The molecule has 2 aliphatic rings. The Labute approximate surface area is 102 Å². The third kappa shape index (κ3) is 2.36. The fourth-order valence-electron chi connectivity index (χ4n) is 2.10. The Morgan fingerprint density at radius 2 is 2.19 bits per heavy atom. The van der Waals surface area contributed by atoms with Crippen molar-refractivity contribution in [3.05, 3.63) is 33.9 Å². The van der Waals surface area contributed by atoms with Crippen LogP contribution in [0.3, 0.4) is 0 Å². The SMILES string of the molecule is CNCC1=CC=C(C2=C(C)N(C)CS2)CC1. The standard InChI is InChI=1S/C13H20N2S/c1-10-13(16-9-15(10)3)12-6-4-11(5-7-12)8-14-2/h4,6,14H,5,7-9H2,1-3H3. The number of rotatable bonds is 3. The second kappa shape index (κ2) is 5.11. The molecule has 0 saturated carbocycles. The highest BCUT2D eigenvalue weighted by atomic mass is 32.2. The summed E-state index contributed by atoms with van der Waals surface area (Å²) in [6.45, 7) is 3.25. The predicted octanol–water partition coefficient (Wildman–Crippen LogP) is 2.72. The molecule has 1 aliphatic heterocycles. The first-order valence-electron chi connectivity index (χ1n) is 5.80. The molecule has 1 N–H and O–H groups in total. The number of hydrogen-bond donors (Lipinski definition) is 1. The summed E-state index contributed by atoms with van der Waals surface area (Å²) in [6, 6.07) is 0. The molecule has 0 amide bonds. The van der Waals surface area contributed by atoms with Crippen LogP contribution in [0.5, 0.6) is 0 Å². The third-order valence-electron chi connectivity index (χ3n) is 3.23. The average Bonchev–Trinajstić information content (AvgIpc) is 2.62. The van der Waals surface area contributed by atoms with Gasteiger partial charge in [-0.1, -0.05) is 17.7 Å². The smallest absolute Gasteiger partial charge is 0.0680 e. The summed E-state index contributed by atoms with van der Waals surface area (Å²) in [6.07, 6.45) is 6.99. The molecular formula is C13H20N2S. The number of likely N-dealkylation sites (N-methyl/N-ethyl adjacent to an activating group) is 1. The molecule has 0 fully saturated rings. The lowest BCUT2D eigenvalue weighted by Gasteiger charge is -2.16. The van der Waals surface area contributed by atoms with E-state index in [1.54, 1.807) is 0 Å². The topological polar surface area (TPSA) is 15.3 Å². The molecule has 1 heterocycles. The van der Waals surface area contributed by atoms with Crippen molar-refractivity contribution in [2.24, 2.45) is 0 Å². The molecule has 0 aromatic carbocycles. The van der Waals surface area contributed by atoms with E-state index in [9.17, 15) is 0 Å². The second-order valence-electron chi connectivity index (χ2n) is 4.43. The molecule has 0 saturated heterocycles. The molecule has 3 heteroatoms. The maximum atomic E-state index is 3.21. The number of allylic oxidation sites excluding steroid dienone is 4.